The van der Waals surface area contributed by atoms with Crippen LogP contribution in [0.3, 0.4) is 0 Å². The van der Waals surface area contributed by atoms with Crippen molar-refractivity contribution in [1.29, 1.82) is 0 Å². The van der Waals surface area contributed by atoms with Crippen molar-refractivity contribution >= 4 is 44.0 Å². The first-order chi connectivity index (χ1) is 13.0. The summed E-state index contributed by atoms with van der Waals surface area (Å²) in [5.41, 5.74) is 5.37. The van der Waals surface area contributed by atoms with E-state index in [9.17, 15) is 0 Å². The Labute approximate surface area is 174 Å². The molecule has 0 bridgehead atoms. The first-order valence-corrected chi connectivity index (χ1v) is 11.2. The van der Waals surface area contributed by atoms with E-state index in [1.807, 2.05) is 49.4 Å². The molecule has 6 heteroatoms. The fourth-order valence-corrected chi connectivity index (χ4v) is 2.49. The monoisotopic (exact) mass is 442 g/mol. The number of hydrogen-bond donors (Lipinski definition) is 0. The molecule has 0 N–H and O–H groups in total. The Bertz CT molecular complexity index is 915. The van der Waals surface area contributed by atoms with Gasteiger partial charge in [-0.1, -0.05) is 36.4 Å². The molecular weight excluding hydrogens is 423 g/mol. The van der Waals surface area contributed by atoms with Crippen molar-refractivity contribution in [2.75, 3.05) is 0 Å². The van der Waals surface area contributed by atoms with Gasteiger partial charge in [-0.05, 0) is 55.7 Å². The molecule has 0 aliphatic carbocycles. The third kappa shape index (κ3) is 6.67. The Morgan fingerprint density at radius 1 is 0.741 bits per heavy atom. The SMILES string of the molecule is Cc1ccccc1N=Cc1ccc(C=Nc2c(C)cccc2C)o1.[Cl][Fe][Cl]. The zero-order valence-electron chi connectivity index (χ0n) is 15.3. The zero-order valence-corrected chi connectivity index (χ0v) is 17.9. The first-order valence-electron chi connectivity index (χ1n) is 8.20. The molecular formula is C21H20Cl2FeN2O. The van der Waals surface area contributed by atoms with Crippen LogP contribution in [0.25, 0.3) is 0 Å². The van der Waals surface area contributed by atoms with E-state index < -0.39 is 0 Å². The number of hydrogen-bond acceptors (Lipinski definition) is 3. The summed E-state index contributed by atoms with van der Waals surface area (Å²) in [4.78, 5) is 9.03. The summed E-state index contributed by atoms with van der Waals surface area (Å²) < 4.78 is 5.75. The van der Waals surface area contributed by atoms with Crippen molar-refractivity contribution in [3.8, 4) is 0 Å². The number of aryl methyl sites for hydroxylation is 3. The maximum atomic E-state index is 5.75. The average molecular weight is 443 g/mol. The second-order valence-electron chi connectivity index (χ2n) is 5.83. The van der Waals surface area contributed by atoms with Gasteiger partial charge in [0.15, 0.2) is 0 Å². The number of furan rings is 1. The van der Waals surface area contributed by atoms with E-state index in [1.165, 1.54) is 0 Å². The Morgan fingerprint density at radius 2 is 1.26 bits per heavy atom. The van der Waals surface area contributed by atoms with Crippen molar-refractivity contribution in [1.82, 2.24) is 0 Å². The number of nitrogens with zero attached hydrogens (tertiary/aromatic N) is 2. The van der Waals surface area contributed by atoms with Crippen molar-refractivity contribution in [2.24, 2.45) is 9.98 Å². The average Bonchev–Trinajstić information content (AvgIpc) is 3.09. The summed E-state index contributed by atoms with van der Waals surface area (Å²) in [7, 11) is 9.53. The minimum absolute atomic E-state index is 0.194. The number of aliphatic imine (C=N–C) groups is 2. The van der Waals surface area contributed by atoms with Gasteiger partial charge >= 0.3 is 33.3 Å². The van der Waals surface area contributed by atoms with Crippen LogP contribution in [-0.2, 0) is 13.1 Å². The molecule has 2 aromatic carbocycles. The van der Waals surface area contributed by atoms with Crippen LogP contribution in [0.4, 0.5) is 11.4 Å². The summed E-state index contributed by atoms with van der Waals surface area (Å²) >= 11 is 0.194. The molecule has 27 heavy (non-hydrogen) atoms. The summed E-state index contributed by atoms with van der Waals surface area (Å²) in [6.07, 6.45) is 3.49. The van der Waals surface area contributed by atoms with E-state index in [0.29, 0.717) is 11.5 Å². The van der Waals surface area contributed by atoms with E-state index in [-0.39, 0.29) is 13.1 Å². The normalized spacial score (nSPS) is 11.1. The zero-order chi connectivity index (χ0) is 19.6. The second-order valence-corrected chi connectivity index (χ2v) is 7.66. The molecule has 1 aromatic heterocycles. The molecule has 142 valence electrons. The summed E-state index contributed by atoms with van der Waals surface area (Å²) in [6.45, 7) is 6.15. The molecule has 3 rings (SSSR count). The number of rotatable bonds is 4. The van der Waals surface area contributed by atoms with Gasteiger partial charge in [0.25, 0.3) is 0 Å². The van der Waals surface area contributed by atoms with Crippen molar-refractivity contribution in [3.05, 3.63) is 82.8 Å². The van der Waals surface area contributed by atoms with Crippen LogP contribution in [-0.4, -0.2) is 12.4 Å². The van der Waals surface area contributed by atoms with Gasteiger partial charge in [-0.2, -0.15) is 0 Å². The van der Waals surface area contributed by atoms with Gasteiger partial charge in [0.2, 0.25) is 0 Å². The van der Waals surface area contributed by atoms with Crippen LogP contribution in [0.2, 0.25) is 0 Å². The molecule has 0 atom stereocenters. The van der Waals surface area contributed by atoms with E-state index >= 15 is 0 Å². The van der Waals surface area contributed by atoms with Gasteiger partial charge in [-0.15, -0.1) is 0 Å². The summed E-state index contributed by atoms with van der Waals surface area (Å²) in [5.74, 6) is 1.42. The van der Waals surface area contributed by atoms with E-state index in [1.54, 1.807) is 12.4 Å². The Hall–Kier alpha value is -1.84. The van der Waals surface area contributed by atoms with Crippen LogP contribution in [0.1, 0.15) is 28.2 Å². The van der Waals surface area contributed by atoms with Gasteiger partial charge < -0.3 is 4.42 Å². The molecule has 0 unspecified atom stereocenters. The third-order valence-electron chi connectivity index (χ3n) is 3.85. The van der Waals surface area contributed by atoms with Crippen LogP contribution in [0, 0.1) is 20.8 Å². The van der Waals surface area contributed by atoms with Gasteiger partial charge in [-0.3, -0.25) is 9.98 Å². The Balaban J connectivity index is 0.000000817. The molecule has 3 aromatic rings. The molecule has 0 aliphatic rings. The summed E-state index contributed by atoms with van der Waals surface area (Å²) in [5, 5.41) is 0. The van der Waals surface area contributed by atoms with E-state index in [0.717, 1.165) is 28.1 Å². The van der Waals surface area contributed by atoms with Crippen LogP contribution < -0.4 is 0 Å². The molecule has 0 fully saturated rings. The van der Waals surface area contributed by atoms with E-state index in [4.69, 9.17) is 24.6 Å². The molecule has 0 saturated heterocycles. The summed E-state index contributed by atoms with van der Waals surface area (Å²) in [6, 6.07) is 18.0. The molecule has 0 aliphatic heterocycles. The topological polar surface area (TPSA) is 37.9 Å². The molecule has 0 radical (unpaired) electrons. The van der Waals surface area contributed by atoms with Gasteiger partial charge in [0.05, 0.1) is 23.8 Å². The number of halogens is 2. The molecule has 0 saturated carbocycles. The molecule has 3 nitrogen and oxygen atoms in total. The Morgan fingerprint density at radius 3 is 1.85 bits per heavy atom. The van der Waals surface area contributed by atoms with Gasteiger partial charge in [0, 0.05) is 0 Å². The first kappa shape index (κ1) is 21.5. The predicted octanol–water partition coefficient (Wildman–Crippen LogP) is 7.08. The molecule has 0 amide bonds. The van der Waals surface area contributed by atoms with Gasteiger partial charge in [0.1, 0.15) is 11.5 Å². The quantitative estimate of drug-likeness (QED) is 0.314. The van der Waals surface area contributed by atoms with Gasteiger partial charge in [-0.25, -0.2) is 0 Å². The van der Waals surface area contributed by atoms with Crippen molar-refractivity contribution < 1.29 is 17.6 Å². The van der Waals surface area contributed by atoms with Crippen LogP contribution >= 0.6 is 20.2 Å². The third-order valence-corrected chi connectivity index (χ3v) is 3.85. The standard InChI is InChI=1S/C21H20N2O.2ClH.Fe/c1-15-7-4-5-10-20(15)22-13-18-11-12-19(24-18)14-23-21-16(2)8-6-9-17(21)3;;;/h4-14H,1-3H3;2*1H;/q;;;+2/p-2. The Kier molecular flexibility index (Phi) is 8.83. The van der Waals surface area contributed by atoms with Crippen molar-refractivity contribution in [3.63, 3.8) is 0 Å². The van der Waals surface area contributed by atoms with Crippen molar-refractivity contribution in [2.45, 2.75) is 20.8 Å². The number of para-hydroxylation sites is 2. The second kappa shape index (κ2) is 11.1. The fourth-order valence-electron chi connectivity index (χ4n) is 2.49. The van der Waals surface area contributed by atoms with E-state index in [2.05, 4.69) is 36.0 Å². The fraction of sp³-hybridized carbons (Fsp3) is 0.143. The predicted molar refractivity (Wildman–Crippen MR) is 112 cm³/mol. The maximum absolute atomic E-state index is 5.75. The van der Waals surface area contributed by atoms with Crippen LogP contribution in [0.15, 0.2) is 69.0 Å². The minimum atomic E-state index is 0.194. The molecule has 1 heterocycles. The molecule has 0 spiro atoms. The van der Waals surface area contributed by atoms with Crippen LogP contribution in [0.5, 0.6) is 0 Å². The number of benzene rings is 2.